The number of hydrogen-bond donors (Lipinski definition) is 1. The van der Waals surface area contributed by atoms with E-state index in [4.69, 9.17) is 10.8 Å². The quantitative estimate of drug-likeness (QED) is 0.631. The maximum atomic E-state index is 5.29. The number of nitrogens with one attached hydrogen (secondary N) is 1. The monoisotopic (exact) mass is 361 g/mol. The molecule has 0 saturated carbocycles. The zero-order valence-corrected chi connectivity index (χ0v) is 15.3. The Kier molecular flexibility index (Phi) is 6.13. The number of hydrazone groups is 1. The molecule has 0 amide bonds. The topological polar surface area (TPSA) is 49.9 Å². The Bertz CT molecular complexity index is 898. The Labute approximate surface area is 157 Å². The third kappa shape index (κ3) is 4.56. The van der Waals surface area contributed by atoms with Crippen molar-refractivity contribution in [1.29, 1.82) is 0 Å². The van der Waals surface area contributed by atoms with Gasteiger partial charge >= 0.3 is 0 Å². The van der Waals surface area contributed by atoms with Crippen LogP contribution in [-0.2, 0) is 6.54 Å². The summed E-state index contributed by atoms with van der Waals surface area (Å²) in [6.07, 6.45) is 12.6. The molecule has 26 heavy (non-hydrogen) atoms. The van der Waals surface area contributed by atoms with Gasteiger partial charge in [0, 0.05) is 5.75 Å². The largest absolute Gasteiger partial charge is 0.467 e. The lowest BCUT2D eigenvalue weighted by atomic mass is 10.0. The van der Waals surface area contributed by atoms with Crippen LogP contribution in [0.25, 0.3) is 5.57 Å². The molecule has 1 aromatic carbocycles. The van der Waals surface area contributed by atoms with Crippen molar-refractivity contribution in [2.75, 3.05) is 5.75 Å². The first-order chi connectivity index (χ1) is 12.8. The molecule has 1 aliphatic rings. The normalized spacial score (nSPS) is 16.4. The van der Waals surface area contributed by atoms with Gasteiger partial charge in [0.25, 0.3) is 0 Å². The molecule has 2 heterocycles. The highest BCUT2D eigenvalue weighted by atomic mass is 32.2. The number of terminal acetylenes is 1. The summed E-state index contributed by atoms with van der Waals surface area (Å²) < 4.78 is 5.28. The fourth-order valence-electron chi connectivity index (χ4n) is 2.45. The van der Waals surface area contributed by atoms with Crippen molar-refractivity contribution < 1.29 is 4.42 Å². The van der Waals surface area contributed by atoms with Crippen LogP contribution in [0.5, 0.6) is 0 Å². The molecule has 0 unspecified atom stereocenters. The lowest BCUT2D eigenvalue weighted by Crippen LogP contribution is -2.25. The molecular formula is C21H19N3OS. The van der Waals surface area contributed by atoms with Crippen molar-refractivity contribution in [3.8, 4) is 12.3 Å². The van der Waals surface area contributed by atoms with E-state index < -0.39 is 0 Å². The predicted octanol–water partition coefficient (Wildman–Crippen LogP) is 4.47. The smallest absolute Gasteiger partial charge is 0.177 e. The van der Waals surface area contributed by atoms with E-state index in [2.05, 4.69) is 45.7 Å². The van der Waals surface area contributed by atoms with E-state index in [1.54, 1.807) is 24.1 Å². The van der Waals surface area contributed by atoms with Crippen LogP contribution < -0.4 is 5.43 Å². The standard InChI is InChI=1S/C21H19N3OS/c1-3-5-7-16(4-2)17-9-11-18(12-10-17)20-15-26-21(24-23-20)22-14-19-8-6-13-25-19/h1,4-13H,14-15H2,2H3,(H,22,24)/b7-5-,16-4+. The summed E-state index contributed by atoms with van der Waals surface area (Å²) in [7, 11) is 0. The van der Waals surface area contributed by atoms with Crippen LogP contribution in [0, 0.1) is 12.3 Å². The molecule has 4 nitrogen and oxygen atoms in total. The summed E-state index contributed by atoms with van der Waals surface area (Å²) >= 11 is 1.64. The van der Waals surface area contributed by atoms with Crippen LogP contribution in [0.1, 0.15) is 23.8 Å². The summed E-state index contributed by atoms with van der Waals surface area (Å²) in [5.41, 5.74) is 7.34. The number of nitrogens with zero attached hydrogens (tertiary/aromatic N) is 2. The lowest BCUT2D eigenvalue weighted by molar-refractivity contribution is 0.512. The van der Waals surface area contributed by atoms with Crippen LogP contribution >= 0.6 is 11.8 Å². The molecular weight excluding hydrogens is 342 g/mol. The molecule has 0 aliphatic carbocycles. The summed E-state index contributed by atoms with van der Waals surface area (Å²) in [5.74, 6) is 4.13. The van der Waals surface area contributed by atoms with Gasteiger partial charge in [-0.25, -0.2) is 0 Å². The second kappa shape index (κ2) is 8.93. The third-order valence-corrected chi connectivity index (χ3v) is 4.72. The highest BCUT2D eigenvalue weighted by Crippen LogP contribution is 2.19. The van der Waals surface area contributed by atoms with Gasteiger partial charge in [-0.1, -0.05) is 48.0 Å². The molecule has 0 radical (unpaired) electrons. The van der Waals surface area contributed by atoms with Crippen molar-refractivity contribution in [3.63, 3.8) is 0 Å². The second-order valence-corrected chi connectivity index (χ2v) is 6.45. The van der Waals surface area contributed by atoms with Crippen LogP contribution in [-0.4, -0.2) is 16.6 Å². The number of rotatable bonds is 5. The van der Waals surface area contributed by atoms with Crippen molar-refractivity contribution in [1.82, 2.24) is 5.43 Å². The van der Waals surface area contributed by atoms with Gasteiger partial charge in [-0.3, -0.25) is 10.4 Å². The number of thioether (sulfide) groups is 1. The van der Waals surface area contributed by atoms with E-state index in [-0.39, 0.29) is 0 Å². The fraction of sp³-hybridized carbons (Fsp3) is 0.143. The van der Waals surface area contributed by atoms with Crippen molar-refractivity contribution in [2.45, 2.75) is 13.5 Å². The molecule has 130 valence electrons. The fourth-order valence-corrected chi connectivity index (χ4v) is 3.22. The maximum absolute atomic E-state index is 5.29. The molecule has 5 heteroatoms. The molecule has 1 aromatic heterocycles. The van der Waals surface area contributed by atoms with Gasteiger partial charge in [0.15, 0.2) is 5.17 Å². The Hall–Kier alpha value is -2.97. The molecule has 0 spiro atoms. The first kappa shape index (κ1) is 17.8. The van der Waals surface area contributed by atoms with Crippen LogP contribution in [0.4, 0.5) is 0 Å². The zero-order valence-electron chi connectivity index (χ0n) is 14.5. The van der Waals surface area contributed by atoms with E-state index in [1.165, 1.54) is 0 Å². The van der Waals surface area contributed by atoms with E-state index in [1.807, 2.05) is 31.2 Å². The van der Waals surface area contributed by atoms with Crippen LogP contribution in [0.3, 0.4) is 0 Å². The van der Waals surface area contributed by atoms with Gasteiger partial charge < -0.3 is 4.42 Å². The minimum Gasteiger partial charge on any atom is -0.467 e. The summed E-state index contributed by atoms with van der Waals surface area (Å²) in [6.45, 7) is 2.51. The van der Waals surface area contributed by atoms with Gasteiger partial charge in [0.2, 0.25) is 0 Å². The second-order valence-electron chi connectivity index (χ2n) is 5.48. The molecule has 0 fully saturated rings. The maximum Gasteiger partial charge on any atom is 0.177 e. The Balaban J connectivity index is 1.66. The van der Waals surface area contributed by atoms with Gasteiger partial charge in [-0.05, 0) is 47.9 Å². The molecule has 0 bridgehead atoms. The lowest BCUT2D eigenvalue weighted by Gasteiger charge is -2.15. The SMILES string of the molecule is C#C/C=C\C(=C/C)c1ccc(C2=NNC(=NCc3ccco3)SC2)cc1. The summed E-state index contributed by atoms with van der Waals surface area (Å²) in [5, 5.41) is 5.26. The predicted molar refractivity (Wildman–Crippen MR) is 110 cm³/mol. The van der Waals surface area contributed by atoms with Gasteiger partial charge in [-0.15, -0.1) is 6.42 Å². The first-order valence-electron chi connectivity index (χ1n) is 8.22. The number of allylic oxidation sites excluding steroid dienone is 4. The molecule has 0 atom stereocenters. The minimum atomic E-state index is 0.513. The summed E-state index contributed by atoms with van der Waals surface area (Å²) in [6, 6.07) is 12.1. The first-order valence-corrected chi connectivity index (χ1v) is 9.20. The number of benzene rings is 1. The number of amidine groups is 1. The van der Waals surface area contributed by atoms with E-state index in [0.717, 1.165) is 39.1 Å². The van der Waals surface area contributed by atoms with Crippen molar-refractivity contribution in [2.24, 2.45) is 10.1 Å². The number of hydrogen-bond acceptors (Lipinski definition) is 4. The van der Waals surface area contributed by atoms with Gasteiger partial charge in [0.1, 0.15) is 5.76 Å². The molecule has 1 aliphatic heterocycles. The highest BCUT2D eigenvalue weighted by Gasteiger charge is 2.13. The Morgan fingerprint density at radius 2 is 2.23 bits per heavy atom. The third-order valence-electron chi connectivity index (χ3n) is 3.81. The molecule has 1 N–H and O–H groups in total. The number of furan rings is 1. The molecule has 3 rings (SSSR count). The van der Waals surface area contributed by atoms with Crippen molar-refractivity contribution in [3.05, 3.63) is 77.8 Å². The number of aliphatic imine (C=N–C) groups is 1. The van der Waals surface area contributed by atoms with Crippen LogP contribution in [0.2, 0.25) is 0 Å². The van der Waals surface area contributed by atoms with E-state index >= 15 is 0 Å². The minimum absolute atomic E-state index is 0.513. The average Bonchev–Trinajstić information content (AvgIpc) is 3.22. The molecule has 2 aromatic rings. The highest BCUT2D eigenvalue weighted by molar-refractivity contribution is 8.14. The van der Waals surface area contributed by atoms with Gasteiger partial charge in [0.05, 0.1) is 18.5 Å². The van der Waals surface area contributed by atoms with E-state index in [9.17, 15) is 0 Å². The zero-order chi connectivity index (χ0) is 18.2. The van der Waals surface area contributed by atoms with E-state index in [0.29, 0.717) is 6.54 Å². The van der Waals surface area contributed by atoms with Gasteiger partial charge in [-0.2, -0.15) is 5.10 Å². The Morgan fingerprint density at radius 1 is 1.38 bits per heavy atom. The van der Waals surface area contributed by atoms with Crippen molar-refractivity contribution >= 4 is 28.2 Å². The average molecular weight is 361 g/mol. The summed E-state index contributed by atoms with van der Waals surface area (Å²) in [4.78, 5) is 4.47. The Morgan fingerprint density at radius 3 is 2.85 bits per heavy atom. The molecule has 0 saturated heterocycles. The van der Waals surface area contributed by atoms with Crippen LogP contribution in [0.15, 0.2) is 75.4 Å².